The summed E-state index contributed by atoms with van der Waals surface area (Å²) in [7, 11) is 1.65. The third kappa shape index (κ3) is 3.63. The number of likely N-dealkylation sites (N-methyl/N-ethyl adjacent to an activating group) is 1. The smallest absolute Gasteiger partial charge is 0.235 e. The number of aliphatic hydroxyl groups is 1. The highest BCUT2D eigenvalue weighted by Crippen LogP contribution is 2.62. The van der Waals surface area contributed by atoms with Crippen molar-refractivity contribution in [1.82, 2.24) is 10.2 Å². The second kappa shape index (κ2) is 9.18. The number of allylic oxidation sites excluding steroid dienone is 4. The Balaban J connectivity index is 1.34. The fourth-order valence-corrected chi connectivity index (χ4v) is 9.26. The van der Waals surface area contributed by atoms with Gasteiger partial charge in [0.15, 0.2) is 11.6 Å². The first-order chi connectivity index (χ1) is 17.7. The maximum atomic E-state index is 13.9. The van der Waals surface area contributed by atoms with Crippen LogP contribution in [0.15, 0.2) is 23.8 Å². The van der Waals surface area contributed by atoms with E-state index in [1.54, 1.807) is 7.05 Å². The van der Waals surface area contributed by atoms with Gasteiger partial charge in [0.25, 0.3) is 0 Å². The number of fused-ring (bicyclic) bond motifs is 8. The Morgan fingerprint density at radius 2 is 1.81 bits per heavy atom. The van der Waals surface area contributed by atoms with Crippen molar-refractivity contribution in [1.29, 1.82) is 0 Å². The lowest BCUT2D eigenvalue weighted by atomic mass is 9.75. The van der Waals surface area contributed by atoms with Gasteiger partial charge in [-0.15, -0.1) is 0 Å². The highest BCUT2D eigenvalue weighted by Gasteiger charge is 2.60. The van der Waals surface area contributed by atoms with Gasteiger partial charge in [0.2, 0.25) is 11.8 Å². The van der Waals surface area contributed by atoms with Crippen molar-refractivity contribution in [3.8, 4) is 0 Å². The molecule has 3 saturated carbocycles. The quantitative estimate of drug-likeness (QED) is 0.419. The Morgan fingerprint density at radius 3 is 2.57 bits per heavy atom. The average molecular weight is 509 g/mol. The summed E-state index contributed by atoms with van der Waals surface area (Å²) in [5.41, 5.74) is 0.821. The van der Waals surface area contributed by atoms with E-state index in [-0.39, 0.29) is 41.1 Å². The van der Waals surface area contributed by atoms with Gasteiger partial charge in [0.1, 0.15) is 5.92 Å². The number of nitrogens with zero attached hydrogens (tertiary/aromatic N) is 1. The van der Waals surface area contributed by atoms with Crippen LogP contribution in [0.5, 0.6) is 0 Å². The third-order valence-electron chi connectivity index (χ3n) is 11.3. The molecule has 4 aliphatic carbocycles. The minimum Gasteiger partial charge on any atom is -0.390 e. The van der Waals surface area contributed by atoms with Crippen molar-refractivity contribution in [3.63, 3.8) is 0 Å². The molecule has 12 atom stereocenters. The fourth-order valence-electron chi connectivity index (χ4n) is 9.26. The van der Waals surface area contributed by atoms with Crippen molar-refractivity contribution >= 4 is 23.4 Å². The third-order valence-corrected chi connectivity index (χ3v) is 11.3. The number of carbonyl (C=O) groups excluding carboxylic acids is 4. The predicted octanol–water partition coefficient (Wildman–Crippen LogP) is 2.54. The van der Waals surface area contributed by atoms with Crippen molar-refractivity contribution in [2.75, 3.05) is 13.6 Å². The van der Waals surface area contributed by atoms with E-state index in [1.165, 1.54) is 4.90 Å². The number of rotatable bonds is 1. The summed E-state index contributed by atoms with van der Waals surface area (Å²) in [6, 6.07) is -0.418. The Hall–Kier alpha value is -2.28. The van der Waals surface area contributed by atoms with E-state index in [4.69, 9.17) is 0 Å². The molecule has 2 N–H and O–H groups in total. The lowest BCUT2D eigenvalue weighted by Crippen LogP contribution is -2.42. The van der Waals surface area contributed by atoms with Crippen LogP contribution in [0, 0.1) is 59.2 Å². The minimum atomic E-state index is -1.14. The van der Waals surface area contributed by atoms with Crippen molar-refractivity contribution < 1.29 is 24.3 Å². The molecule has 6 rings (SSSR count). The van der Waals surface area contributed by atoms with Crippen molar-refractivity contribution in [3.05, 3.63) is 23.8 Å². The number of hydrogen-bond acceptors (Lipinski definition) is 5. The number of hydrogen-bond donors (Lipinski definition) is 2. The number of likely N-dealkylation sites (tertiary alicyclic amines) is 1. The van der Waals surface area contributed by atoms with Crippen LogP contribution < -0.4 is 5.32 Å². The number of carbonyl (C=O) groups is 4. The van der Waals surface area contributed by atoms with E-state index in [0.717, 1.165) is 24.8 Å². The minimum absolute atomic E-state index is 0.0370. The molecule has 5 fully saturated rings. The first-order valence-corrected chi connectivity index (χ1v) is 14.4. The SMILES string of the molecule is CCC1CC2C(CC3C4C=CC5C(=O)C6C(=O)N(C)C(CCCNC(=O)C5CC=C4C(=O)C32)C6O)C1C. The number of amides is 2. The van der Waals surface area contributed by atoms with Crippen LogP contribution in [0.25, 0.3) is 0 Å². The number of ketones is 2. The van der Waals surface area contributed by atoms with Crippen molar-refractivity contribution in [2.45, 2.75) is 64.5 Å². The second-order valence-electron chi connectivity index (χ2n) is 12.6. The molecule has 6 aliphatic rings. The standard InChI is InChI=1S/C30H40N2O5/c1-4-15-12-21-20(14(15)2)13-22-16-7-8-18-19(10-9-17(16)26(33)24(21)22)29(36)31-11-5-6-23-28(35)25(27(18)34)30(37)32(23)3/h7-9,14-16,18-25,28,35H,4-6,10-13H2,1-3H3,(H,31,36). The highest BCUT2D eigenvalue weighted by molar-refractivity contribution is 6.07. The topological polar surface area (TPSA) is 104 Å². The van der Waals surface area contributed by atoms with E-state index in [9.17, 15) is 24.3 Å². The molecule has 7 heteroatoms. The Kier molecular flexibility index (Phi) is 6.21. The van der Waals surface area contributed by atoms with Gasteiger partial charge < -0.3 is 15.3 Å². The molecule has 2 amide bonds. The van der Waals surface area contributed by atoms with Gasteiger partial charge in [-0.25, -0.2) is 0 Å². The summed E-state index contributed by atoms with van der Waals surface area (Å²) in [4.78, 5) is 55.5. The molecule has 200 valence electrons. The van der Waals surface area contributed by atoms with Crippen LogP contribution in [-0.4, -0.2) is 59.1 Å². The largest absolute Gasteiger partial charge is 0.390 e. The first kappa shape index (κ1) is 25.0. The van der Waals surface area contributed by atoms with E-state index >= 15 is 0 Å². The molecule has 2 heterocycles. The molecule has 0 radical (unpaired) electrons. The van der Waals surface area contributed by atoms with Crippen LogP contribution in [0.3, 0.4) is 0 Å². The summed E-state index contributed by atoms with van der Waals surface area (Å²) in [6.07, 6.45) is 9.46. The van der Waals surface area contributed by atoms with Gasteiger partial charge in [-0.1, -0.05) is 38.5 Å². The van der Waals surface area contributed by atoms with Crippen LogP contribution in [-0.2, 0) is 19.2 Å². The lowest BCUT2D eigenvalue weighted by Gasteiger charge is -2.28. The molecule has 2 bridgehead atoms. The van der Waals surface area contributed by atoms with E-state index in [1.807, 2.05) is 18.2 Å². The van der Waals surface area contributed by atoms with Gasteiger partial charge in [0, 0.05) is 31.3 Å². The van der Waals surface area contributed by atoms with Crippen LogP contribution in [0.4, 0.5) is 0 Å². The molecule has 0 aromatic rings. The molecular formula is C30H40N2O5. The second-order valence-corrected chi connectivity index (χ2v) is 12.6. The molecule has 12 unspecified atom stereocenters. The first-order valence-electron chi connectivity index (χ1n) is 14.4. The van der Waals surface area contributed by atoms with Gasteiger partial charge in [-0.05, 0) is 67.3 Å². The van der Waals surface area contributed by atoms with Gasteiger partial charge in [-0.3, -0.25) is 19.2 Å². The summed E-state index contributed by atoms with van der Waals surface area (Å²) >= 11 is 0. The zero-order valence-corrected chi connectivity index (χ0v) is 22.1. The van der Waals surface area contributed by atoms with Crippen LogP contribution in [0.1, 0.15) is 52.4 Å². The summed E-state index contributed by atoms with van der Waals surface area (Å²) in [5, 5.41) is 14.0. The van der Waals surface area contributed by atoms with Gasteiger partial charge in [0.05, 0.1) is 18.1 Å². The number of aliphatic hydroxyl groups excluding tert-OH is 1. The number of nitrogens with one attached hydrogen (secondary N) is 1. The molecular weight excluding hydrogens is 468 g/mol. The Labute approximate surface area is 219 Å². The maximum absolute atomic E-state index is 13.9. The summed E-state index contributed by atoms with van der Waals surface area (Å²) in [6.45, 7) is 5.04. The number of Topliss-reactive ketones (excluding diaryl/α,β-unsaturated/α-hetero) is 2. The Morgan fingerprint density at radius 1 is 1.05 bits per heavy atom. The maximum Gasteiger partial charge on any atom is 0.235 e. The molecule has 37 heavy (non-hydrogen) atoms. The lowest BCUT2D eigenvalue weighted by molar-refractivity contribution is -0.142. The molecule has 0 spiro atoms. The van der Waals surface area contributed by atoms with Crippen LogP contribution >= 0.6 is 0 Å². The van der Waals surface area contributed by atoms with E-state index in [2.05, 4.69) is 19.2 Å². The average Bonchev–Trinajstić information content (AvgIpc) is 3.51. The monoisotopic (exact) mass is 508 g/mol. The zero-order valence-electron chi connectivity index (χ0n) is 22.1. The van der Waals surface area contributed by atoms with E-state index < -0.39 is 29.9 Å². The summed E-state index contributed by atoms with van der Waals surface area (Å²) < 4.78 is 0. The van der Waals surface area contributed by atoms with E-state index in [0.29, 0.717) is 49.5 Å². The van der Waals surface area contributed by atoms with Crippen LogP contribution in [0.2, 0.25) is 0 Å². The molecule has 0 aromatic heterocycles. The highest BCUT2D eigenvalue weighted by atomic mass is 16.3. The fraction of sp³-hybridized carbons (Fsp3) is 0.733. The zero-order chi connectivity index (χ0) is 26.2. The molecule has 2 saturated heterocycles. The van der Waals surface area contributed by atoms with Gasteiger partial charge >= 0.3 is 0 Å². The summed E-state index contributed by atoms with van der Waals surface area (Å²) in [5.74, 6) is -0.722. The predicted molar refractivity (Wildman–Crippen MR) is 137 cm³/mol. The normalized spacial score (nSPS) is 47.4. The Bertz CT molecular complexity index is 1080. The molecule has 0 aromatic carbocycles. The van der Waals surface area contributed by atoms with Crippen molar-refractivity contribution in [2.24, 2.45) is 59.2 Å². The van der Waals surface area contributed by atoms with Gasteiger partial charge in [-0.2, -0.15) is 0 Å². The molecule has 2 aliphatic heterocycles. The molecule has 7 nitrogen and oxygen atoms in total.